The first-order chi connectivity index (χ1) is 14.9. The Morgan fingerprint density at radius 3 is 2.48 bits per heavy atom. The standard InChI is InChI=1S/C27H31N3O/c1-17(2)11-12-31-22-8-6-20(7-9-22)14-19(4)21-15-24-23-10-5-18(3)13-25(23)30-27(28)26(24)29-16-21/h5-10,13,15-17,19H,11-12,14H2,1-4H3,(H2,28,30). The smallest absolute Gasteiger partial charge is 0.150 e. The third-order valence-corrected chi connectivity index (χ3v) is 5.83. The van der Waals surface area contributed by atoms with Gasteiger partial charge >= 0.3 is 0 Å². The maximum absolute atomic E-state index is 6.20. The minimum Gasteiger partial charge on any atom is -0.494 e. The number of aromatic nitrogens is 2. The molecule has 2 N–H and O–H groups in total. The van der Waals surface area contributed by atoms with Crippen LogP contribution in [0, 0.1) is 12.8 Å². The molecule has 0 saturated carbocycles. The van der Waals surface area contributed by atoms with Gasteiger partial charge in [0.1, 0.15) is 11.3 Å². The zero-order chi connectivity index (χ0) is 22.0. The van der Waals surface area contributed by atoms with Gasteiger partial charge in [-0.1, -0.05) is 45.0 Å². The molecule has 0 aliphatic rings. The molecule has 2 aromatic heterocycles. The fraction of sp³-hybridized carbons (Fsp3) is 0.333. The summed E-state index contributed by atoms with van der Waals surface area (Å²) in [5.74, 6) is 2.41. The zero-order valence-corrected chi connectivity index (χ0v) is 18.9. The summed E-state index contributed by atoms with van der Waals surface area (Å²) in [7, 11) is 0. The SMILES string of the molecule is Cc1ccc2c(c1)nc(N)c1ncc(C(C)Cc3ccc(OCCC(C)C)cc3)cc12. The first-order valence-electron chi connectivity index (χ1n) is 11.1. The number of pyridine rings is 2. The lowest BCUT2D eigenvalue weighted by atomic mass is 9.93. The number of fused-ring (bicyclic) bond motifs is 3. The minimum absolute atomic E-state index is 0.333. The number of rotatable bonds is 7. The molecule has 0 spiro atoms. The molecule has 2 aromatic carbocycles. The van der Waals surface area contributed by atoms with Crippen LogP contribution in [0.5, 0.6) is 5.75 Å². The van der Waals surface area contributed by atoms with Crippen LogP contribution >= 0.6 is 0 Å². The van der Waals surface area contributed by atoms with E-state index in [1.54, 1.807) is 0 Å². The summed E-state index contributed by atoms with van der Waals surface area (Å²) in [4.78, 5) is 9.22. The molecule has 1 unspecified atom stereocenters. The summed E-state index contributed by atoms with van der Waals surface area (Å²) in [5, 5.41) is 2.17. The molecule has 160 valence electrons. The van der Waals surface area contributed by atoms with Crippen molar-refractivity contribution < 1.29 is 4.74 Å². The second kappa shape index (κ2) is 8.93. The van der Waals surface area contributed by atoms with Crippen molar-refractivity contribution in [2.45, 2.75) is 46.5 Å². The van der Waals surface area contributed by atoms with Gasteiger partial charge in [-0.15, -0.1) is 0 Å². The second-order valence-electron chi connectivity index (χ2n) is 8.96. The van der Waals surface area contributed by atoms with Gasteiger partial charge in [-0.25, -0.2) is 4.98 Å². The molecule has 0 saturated heterocycles. The number of aryl methyl sites for hydroxylation is 1. The van der Waals surface area contributed by atoms with Crippen LogP contribution in [0.25, 0.3) is 21.8 Å². The Balaban J connectivity index is 1.55. The number of benzene rings is 2. The maximum Gasteiger partial charge on any atom is 0.150 e. The van der Waals surface area contributed by atoms with E-state index in [4.69, 9.17) is 10.5 Å². The molecule has 4 nitrogen and oxygen atoms in total. The van der Waals surface area contributed by atoms with Crippen LogP contribution in [-0.2, 0) is 6.42 Å². The molecule has 0 radical (unpaired) electrons. The lowest BCUT2D eigenvalue weighted by Gasteiger charge is -2.15. The Labute approximate surface area is 184 Å². The molecule has 31 heavy (non-hydrogen) atoms. The van der Waals surface area contributed by atoms with Gasteiger partial charge in [0.15, 0.2) is 5.82 Å². The van der Waals surface area contributed by atoms with Crippen molar-refractivity contribution in [1.29, 1.82) is 0 Å². The predicted octanol–water partition coefficient (Wildman–Crippen LogP) is 6.44. The van der Waals surface area contributed by atoms with E-state index in [9.17, 15) is 0 Å². The van der Waals surface area contributed by atoms with Crippen molar-refractivity contribution in [3.05, 3.63) is 71.4 Å². The minimum atomic E-state index is 0.333. The molecular weight excluding hydrogens is 382 g/mol. The highest BCUT2D eigenvalue weighted by atomic mass is 16.5. The van der Waals surface area contributed by atoms with E-state index in [0.29, 0.717) is 17.7 Å². The molecule has 2 heterocycles. The van der Waals surface area contributed by atoms with Gasteiger partial charge in [-0.05, 0) is 72.6 Å². The summed E-state index contributed by atoms with van der Waals surface area (Å²) in [6, 6.07) is 17.0. The zero-order valence-electron chi connectivity index (χ0n) is 18.9. The van der Waals surface area contributed by atoms with Crippen LogP contribution in [0.15, 0.2) is 54.7 Å². The fourth-order valence-electron chi connectivity index (χ4n) is 3.91. The van der Waals surface area contributed by atoms with Crippen molar-refractivity contribution in [3.8, 4) is 5.75 Å². The van der Waals surface area contributed by atoms with Crippen LogP contribution in [-0.4, -0.2) is 16.6 Å². The highest BCUT2D eigenvalue weighted by molar-refractivity contribution is 6.08. The van der Waals surface area contributed by atoms with Gasteiger partial charge in [0.25, 0.3) is 0 Å². The highest BCUT2D eigenvalue weighted by Gasteiger charge is 2.13. The highest BCUT2D eigenvalue weighted by Crippen LogP contribution is 2.30. The van der Waals surface area contributed by atoms with Crippen LogP contribution in [0.2, 0.25) is 0 Å². The number of nitrogen functional groups attached to an aromatic ring is 1. The molecule has 0 amide bonds. The van der Waals surface area contributed by atoms with E-state index in [0.717, 1.165) is 47.0 Å². The Bertz CT molecular complexity index is 1200. The number of hydrogen-bond donors (Lipinski definition) is 1. The van der Waals surface area contributed by atoms with Crippen molar-refractivity contribution in [1.82, 2.24) is 9.97 Å². The maximum atomic E-state index is 6.20. The summed E-state index contributed by atoms with van der Waals surface area (Å²) in [5.41, 5.74) is 11.6. The summed E-state index contributed by atoms with van der Waals surface area (Å²) in [6.45, 7) is 9.50. The topological polar surface area (TPSA) is 61.0 Å². The molecule has 0 aliphatic carbocycles. The van der Waals surface area contributed by atoms with E-state index in [2.05, 4.69) is 86.2 Å². The molecule has 0 aliphatic heterocycles. The van der Waals surface area contributed by atoms with Gasteiger partial charge in [0, 0.05) is 17.0 Å². The Kier molecular flexibility index (Phi) is 6.08. The quantitative estimate of drug-likeness (QED) is 0.354. The van der Waals surface area contributed by atoms with Crippen LogP contribution in [0.3, 0.4) is 0 Å². The Morgan fingerprint density at radius 2 is 1.74 bits per heavy atom. The molecule has 4 heteroatoms. The summed E-state index contributed by atoms with van der Waals surface area (Å²) < 4.78 is 5.84. The number of hydrogen-bond acceptors (Lipinski definition) is 4. The number of ether oxygens (including phenoxy) is 1. The largest absolute Gasteiger partial charge is 0.494 e. The second-order valence-corrected chi connectivity index (χ2v) is 8.96. The Hall–Kier alpha value is -3.14. The number of nitrogens with zero attached hydrogens (tertiary/aromatic N) is 2. The van der Waals surface area contributed by atoms with Crippen molar-refractivity contribution in [2.75, 3.05) is 12.3 Å². The molecule has 1 atom stereocenters. The van der Waals surface area contributed by atoms with E-state index in [-0.39, 0.29) is 0 Å². The van der Waals surface area contributed by atoms with Gasteiger partial charge in [-0.2, -0.15) is 0 Å². The molecule has 4 rings (SSSR count). The third-order valence-electron chi connectivity index (χ3n) is 5.83. The summed E-state index contributed by atoms with van der Waals surface area (Å²) in [6.07, 6.45) is 3.95. The van der Waals surface area contributed by atoms with Crippen molar-refractivity contribution >= 4 is 27.6 Å². The van der Waals surface area contributed by atoms with Gasteiger partial charge < -0.3 is 10.5 Å². The average molecular weight is 414 g/mol. The fourth-order valence-corrected chi connectivity index (χ4v) is 3.91. The van der Waals surface area contributed by atoms with Crippen LogP contribution < -0.4 is 10.5 Å². The first kappa shape index (κ1) is 21.1. The Morgan fingerprint density at radius 1 is 0.968 bits per heavy atom. The van der Waals surface area contributed by atoms with E-state index >= 15 is 0 Å². The van der Waals surface area contributed by atoms with E-state index < -0.39 is 0 Å². The molecule has 4 aromatic rings. The third kappa shape index (κ3) is 4.79. The monoisotopic (exact) mass is 413 g/mol. The normalized spacial score (nSPS) is 12.5. The van der Waals surface area contributed by atoms with Gasteiger partial charge in [0.05, 0.1) is 12.1 Å². The summed E-state index contributed by atoms with van der Waals surface area (Å²) >= 11 is 0. The lowest BCUT2D eigenvalue weighted by Crippen LogP contribution is -2.03. The molecule has 0 bridgehead atoms. The van der Waals surface area contributed by atoms with Crippen molar-refractivity contribution in [2.24, 2.45) is 5.92 Å². The average Bonchev–Trinajstić information content (AvgIpc) is 2.74. The van der Waals surface area contributed by atoms with Crippen molar-refractivity contribution in [3.63, 3.8) is 0 Å². The van der Waals surface area contributed by atoms with E-state index in [1.807, 2.05) is 6.20 Å². The predicted molar refractivity (Wildman–Crippen MR) is 130 cm³/mol. The molecule has 0 fully saturated rings. The molecular formula is C27H31N3O. The number of nitrogens with two attached hydrogens (primary N) is 1. The first-order valence-corrected chi connectivity index (χ1v) is 11.1. The van der Waals surface area contributed by atoms with Gasteiger partial charge in [-0.3, -0.25) is 4.98 Å². The van der Waals surface area contributed by atoms with Crippen LogP contribution in [0.4, 0.5) is 5.82 Å². The number of anilines is 1. The lowest BCUT2D eigenvalue weighted by molar-refractivity contribution is 0.289. The van der Waals surface area contributed by atoms with E-state index in [1.165, 1.54) is 16.7 Å². The van der Waals surface area contributed by atoms with Gasteiger partial charge in [0.2, 0.25) is 0 Å². The van der Waals surface area contributed by atoms with Crippen LogP contribution in [0.1, 0.15) is 49.8 Å².